The third-order valence-electron chi connectivity index (χ3n) is 2.38. The number of hydrogen-bond donors (Lipinski definition) is 1. The molecule has 0 saturated heterocycles. The van der Waals surface area contributed by atoms with E-state index in [0.29, 0.717) is 11.6 Å². The lowest BCUT2D eigenvalue weighted by Gasteiger charge is -2.30. The maximum atomic E-state index is 6.06. The van der Waals surface area contributed by atoms with E-state index >= 15 is 0 Å². The first-order valence-corrected chi connectivity index (χ1v) is 5.35. The largest absolute Gasteiger partial charge is 0.373 e. The Balaban J connectivity index is 2.78. The summed E-state index contributed by atoms with van der Waals surface area (Å²) in [5.74, 6) is 0. The van der Waals surface area contributed by atoms with Gasteiger partial charge in [0.05, 0.1) is 10.7 Å². The fraction of sp³-hybridized carbons (Fsp3) is 0.545. The minimum atomic E-state index is 0.0847. The Morgan fingerprint density at radius 2 is 2.20 bits per heavy atom. The second kappa shape index (κ2) is 4.81. The van der Waals surface area contributed by atoms with Crippen LogP contribution < -0.4 is 10.6 Å². The van der Waals surface area contributed by atoms with E-state index in [9.17, 15) is 0 Å². The highest BCUT2D eigenvalue weighted by molar-refractivity contribution is 6.33. The van der Waals surface area contributed by atoms with Crippen molar-refractivity contribution in [2.45, 2.75) is 13.8 Å². The topological polar surface area (TPSA) is 42.1 Å². The summed E-state index contributed by atoms with van der Waals surface area (Å²) in [6.45, 7) is 5.80. The summed E-state index contributed by atoms with van der Waals surface area (Å²) in [4.78, 5) is 6.07. The van der Waals surface area contributed by atoms with Gasteiger partial charge in [-0.15, -0.1) is 0 Å². The quantitative estimate of drug-likeness (QED) is 0.857. The van der Waals surface area contributed by atoms with Crippen molar-refractivity contribution < 1.29 is 0 Å². The van der Waals surface area contributed by atoms with Crippen LogP contribution in [0.5, 0.6) is 0 Å². The SMILES string of the molecule is CN(CC(C)(C)CN)c1ccncc1Cl. The van der Waals surface area contributed by atoms with Crippen molar-refractivity contribution >= 4 is 17.3 Å². The molecule has 1 heterocycles. The molecule has 15 heavy (non-hydrogen) atoms. The lowest BCUT2D eigenvalue weighted by molar-refractivity contribution is 0.385. The molecule has 0 saturated carbocycles. The van der Waals surface area contributed by atoms with E-state index in [-0.39, 0.29) is 5.41 Å². The molecular formula is C11H18ClN3. The zero-order valence-electron chi connectivity index (χ0n) is 9.50. The Morgan fingerprint density at radius 3 is 2.73 bits per heavy atom. The molecule has 4 heteroatoms. The summed E-state index contributed by atoms with van der Waals surface area (Å²) in [5, 5.41) is 0.674. The van der Waals surface area contributed by atoms with Gasteiger partial charge in [0, 0.05) is 26.0 Å². The van der Waals surface area contributed by atoms with Gasteiger partial charge < -0.3 is 10.6 Å². The Hall–Kier alpha value is -0.800. The van der Waals surface area contributed by atoms with Crippen LogP contribution in [0.2, 0.25) is 5.02 Å². The maximum Gasteiger partial charge on any atom is 0.0822 e. The Kier molecular flexibility index (Phi) is 3.94. The van der Waals surface area contributed by atoms with Crippen molar-refractivity contribution in [3.8, 4) is 0 Å². The predicted octanol–water partition coefficient (Wildman–Crippen LogP) is 2.16. The summed E-state index contributed by atoms with van der Waals surface area (Å²) in [6, 6.07) is 1.91. The number of anilines is 1. The van der Waals surface area contributed by atoms with Crippen molar-refractivity contribution in [3.05, 3.63) is 23.5 Å². The summed E-state index contributed by atoms with van der Waals surface area (Å²) in [7, 11) is 2.01. The third kappa shape index (κ3) is 3.36. The minimum absolute atomic E-state index is 0.0847. The molecule has 1 rings (SSSR count). The Labute approximate surface area is 96.2 Å². The van der Waals surface area contributed by atoms with Gasteiger partial charge in [-0.05, 0) is 18.0 Å². The first-order valence-electron chi connectivity index (χ1n) is 4.97. The van der Waals surface area contributed by atoms with Gasteiger partial charge in [0.1, 0.15) is 0 Å². The predicted molar refractivity (Wildman–Crippen MR) is 65.4 cm³/mol. The van der Waals surface area contributed by atoms with Crippen molar-refractivity contribution in [1.82, 2.24) is 4.98 Å². The highest BCUT2D eigenvalue weighted by Gasteiger charge is 2.19. The number of aromatic nitrogens is 1. The zero-order chi connectivity index (χ0) is 11.5. The molecule has 1 aromatic heterocycles. The van der Waals surface area contributed by atoms with Crippen molar-refractivity contribution in [1.29, 1.82) is 0 Å². The molecule has 0 atom stereocenters. The van der Waals surface area contributed by atoms with Gasteiger partial charge in [0.2, 0.25) is 0 Å². The molecule has 0 aliphatic heterocycles. The summed E-state index contributed by atoms with van der Waals surface area (Å²) in [5.41, 5.74) is 6.78. The third-order valence-corrected chi connectivity index (χ3v) is 2.67. The standard InChI is InChI=1S/C11H18ClN3/c1-11(2,7-13)8-15(3)10-4-5-14-6-9(10)12/h4-6H,7-8,13H2,1-3H3. The molecule has 0 unspecified atom stereocenters. The highest BCUT2D eigenvalue weighted by atomic mass is 35.5. The van der Waals surface area contributed by atoms with Crippen LogP contribution in [0.4, 0.5) is 5.69 Å². The first-order chi connectivity index (χ1) is 6.96. The first kappa shape index (κ1) is 12.3. The summed E-state index contributed by atoms with van der Waals surface area (Å²) < 4.78 is 0. The van der Waals surface area contributed by atoms with Crippen LogP contribution in [0, 0.1) is 5.41 Å². The zero-order valence-corrected chi connectivity index (χ0v) is 10.3. The molecule has 2 N–H and O–H groups in total. The van der Waals surface area contributed by atoms with Crippen LogP contribution in [0.3, 0.4) is 0 Å². The summed E-state index contributed by atoms with van der Waals surface area (Å²) >= 11 is 6.06. The molecule has 0 aromatic carbocycles. The molecule has 0 amide bonds. The highest BCUT2D eigenvalue weighted by Crippen LogP contribution is 2.25. The lowest BCUT2D eigenvalue weighted by Crippen LogP contribution is -2.36. The molecule has 0 bridgehead atoms. The minimum Gasteiger partial charge on any atom is -0.373 e. The van der Waals surface area contributed by atoms with Gasteiger partial charge in [0.15, 0.2) is 0 Å². The van der Waals surface area contributed by atoms with E-state index in [2.05, 4.69) is 23.7 Å². The number of pyridine rings is 1. The van der Waals surface area contributed by atoms with Crippen LogP contribution in [0.15, 0.2) is 18.5 Å². The van der Waals surface area contributed by atoms with Crippen LogP contribution in [0.1, 0.15) is 13.8 Å². The summed E-state index contributed by atoms with van der Waals surface area (Å²) in [6.07, 6.45) is 3.40. The van der Waals surface area contributed by atoms with Crippen molar-refractivity contribution in [2.24, 2.45) is 11.1 Å². The fourth-order valence-electron chi connectivity index (χ4n) is 1.47. The van der Waals surface area contributed by atoms with Gasteiger partial charge in [-0.3, -0.25) is 4.98 Å². The number of nitrogens with two attached hydrogens (primary N) is 1. The van der Waals surface area contributed by atoms with Crippen LogP contribution in [-0.4, -0.2) is 25.1 Å². The number of nitrogens with zero attached hydrogens (tertiary/aromatic N) is 2. The van der Waals surface area contributed by atoms with E-state index in [1.54, 1.807) is 12.4 Å². The van der Waals surface area contributed by atoms with Gasteiger partial charge in [-0.1, -0.05) is 25.4 Å². The van der Waals surface area contributed by atoms with Crippen molar-refractivity contribution in [2.75, 3.05) is 25.0 Å². The molecule has 1 aromatic rings. The van der Waals surface area contributed by atoms with E-state index in [1.807, 2.05) is 13.1 Å². The maximum absolute atomic E-state index is 6.06. The normalized spacial score (nSPS) is 11.5. The molecule has 0 fully saturated rings. The molecule has 84 valence electrons. The monoisotopic (exact) mass is 227 g/mol. The van der Waals surface area contributed by atoms with E-state index in [1.165, 1.54) is 0 Å². The van der Waals surface area contributed by atoms with E-state index in [4.69, 9.17) is 17.3 Å². The average Bonchev–Trinajstić information content (AvgIpc) is 2.17. The van der Waals surface area contributed by atoms with Gasteiger partial charge in [-0.2, -0.15) is 0 Å². The van der Waals surface area contributed by atoms with Crippen molar-refractivity contribution in [3.63, 3.8) is 0 Å². The molecule has 0 radical (unpaired) electrons. The molecule has 0 aliphatic rings. The van der Waals surface area contributed by atoms with Crippen LogP contribution >= 0.6 is 11.6 Å². The van der Waals surface area contributed by atoms with Gasteiger partial charge in [-0.25, -0.2) is 0 Å². The van der Waals surface area contributed by atoms with Crippen LogP contribution in [0.25, 0.3) is 0 Å². The molecular weight excluding hydrogens is 210 g/mol. The number of halogens is 1. The van der Waals surface area contributed by atoms with E-state index in [0.717, 1.165) is 12.2 Å². The fourth-order valence-corrected chi connectivity index (χ4v) is 1.73. The number of rotatable bonds is 4. The van der Waals surface area contributed by atoms with E-state index < -0.39 is 0 Å². The second-order valence-corrected chi connectivity index (χ2v) is 4.96. The second-order valence-electron chi connectivity index (χ2n) is 4.55. The molecule has 3 nitrogen and oxygen atoms in total. The Morgan fingerprint density at radius 1 is 1.53 bits per heavy atom. The smallest absolute Gasteiger partial charge is 0.0822 e. The average molecular weight is 228 g/mol. The van der Waals surface area contributed by atoms with Crippen LogP contribution in [-0.2, 0) is 0 Å². The number of hydrogen-bond acceptors (Lipinski definition) is 3. The lowest BCUT2D eigenvalue weighted by atomic mass is 9.93. The van der Waals surface area contributed by atoms with Gasteiger partial charge >= 0.3 is 0 Å². The van der Waals surface area contributed by atoms with Gasteiger partial charge in [0.25, 0.3) is 0 Å². The molecule has 0 spiro atoms. The Bertz CT molecular complexity index is 325. The molecule has 0 aliphatic carbocycles.